The molecule has 4 nitrogen and oxygen atoms in total. The Bertz CT molecular complexity index is 650. The first-order valence-corrected chi connectivity index (χ1v) is 6.10. The molecule has 5 heteroatoms. The van der Waals surface area contributed by atoms with Crippen LogP contribution in [-0.2, 0) is 0 Å². The average molecular weight is 302 g/mol. The molecular weight excluding hydrogens is 294 g/mol. The highest BCUT2D eigenvalue weighted by molar-refractivity contribution is 9.10. The molecule has 0 atom stereocenters. The fraction of sp³-hybridized carbons (Fsp3) is 0. The number of hydrogen-bond donors (Lipinski definition) is 0. The molecule has 0 saturated heterocycles. The van der Waals surface area contributed by atoms with Crippen molar-refractivity contribution in [3.05, 3.63) is 53.5 Å². The van der Waals surface area contributed by atoms with Gasteiger partial charge in [0.05, 0.1) is 0 Å². The van der Waals surface area contributed by atoms with E-state index in [1.165, 1.54) is 6.33 Å². The van der Waals surface area contributed by atoms with Crippen LogP contribution in [0.1, 0.15) is 0 Å². The first-order valence-electron chi connectivity index (χ1n) is 5.31. The van der Waals surface area contributed by atoms with Crippen LogP contribution in [-0.4, -0.2) is 15.1 Å². The summed E-state index contributed by atoms with van der Waals surface area (Å²) in [4.78, 5) is 7.91. The normalized spacial score (nSPS) is 10.5. The number of rotatable bonds is 2. The molecule has 0 aliphatic rings. The van der Waals surface area contributed by atoms with Gasteiger partial charge < -0.3 is 4.52 Å². The van der Waals surface area contributed by atoms with Crippen molar-refractivity contribution < 1.29 is 4.52 Å². The SMILES string of the molecule is Brc1ccc(-c2cc(-c3cncnc3)no2)cc1. The summed E-state index contributed by atoms with van der Waals surface area (Å²) in [7, 11) is 0. The summed E-state index contributed by atoms with van der Waals surface area (Å²) in [5.41, 5.74) is 2.55. The molecule has 2 heterocycles. The van der Waals surface area contributed by atoms with Crippen LogP contribution in [0.25, 0.3) is 22.6 Å². The van der Waals surface area contributed by atoms with Crippen molar-refractivity contribution in [3.8, 4) is 22.6 Å². The van der Waals surface area contributed by atoms with E-state index in [4.69, 9.17) is 4.52 Å². The van der Waals surface area contributed by atoms with Crippen LogP contribution >= 0.6 is 15.9 Å². The van der Waals surface area contributed by atoms with Gasteiger partial charge in [0.15, 0.2) is 5.76 Å². The summed E-state index contributed by atoms with van der Waals surface area (Å²) < 4.78 is 6.35. The summed E-state index contributed by atoms with van der Waals surface area (Å²) in [6.45, 7) is 0. The van der Waals surface area contributed by atoms with E-state index in [0.29, 0.717) is 0 Å². The standard InChI is InChI=1S/C13H8BrN3O/c14-11-3-1-9(2-4-11)13-5-12(17-18-13)10-6-15-8-16-7-10/h1-8H. The molecule has 0 aliphatic carbocycles. The third-order valence-corrected chi connectivity index (χ3v) is 3.02. The quantitative estimate of drug-likeness (QED) is 0.726. The van der Waals surface area contributed by atoms with Gasteiger partial charge in [0, 0.05) is 34.1 Å². The van der Waals surface area contributed by atoms with Crippen LogP contribution < -0.4 is 0 Å². The molecular formula is C13H8BrN3O. The highest BCUT2D eigenvalue weighted by atomic mass is 79.9. The number of benzene rings is 1. The second-order valence-corrected chi connectivity index (χ2v) is 4.63. The van der Waals surface area contributed by atoms with Gasteiger partial charge in [0.2, 0.25) is 0 Å². The van der Waals surface area contributed by atoms with Crippen LogP contribution in [0.2, 0.25) is 0 Å². The van der Waals surface area contributed by atoms with E-state index in [1.807, 2.05) is 30.3 Å². The molecule has 0 saturated carbocycles. The van der Waals surface area contributed by atoms with Gasteiger partial charge in [-0.05, 0) is 12.1 Å². The van der Waals surface area contributed by atoms with Gasteiger partial charge in [-0.15, -0.1) is 0 Å². The molecule has 18 heavy (non-hydrogen) atoms. The zero-order valence-electron chi connectivity index (χ0n) is 9.25. The van der Waals surface area contributed by atoms with Gasteiger partial charge in [0.25, 0.3) is 0 Å². The Morgan fingerprint density at radius 1 is 0.944 bits per heavy atom. The van der Waals surface area contributed by atoms with Crippen molar-refractivity contribution in [1.82, 2.24) is 15.1 Å². The molecule has 0 spiro atoms. The maximum atomic E-state index is 5.32. The van der Waals surface area contributed by atoms with Crippen LogP contribution in [0.3, 0.4) is 0 Å². The summed E-state index contributed by atoms with van der Waals surface area (Å²) in [5.74, 6) is 0.723. The molecule has 0 bridgehead atoms. The Kier molecular flexibility index (Phi) is 2.90. The minimum absolute atomic E-state index is 0.723. The third-order valence-electron chi connectivity index (χ3n) is 2.50. The van der Waals surface area contributed by atoms with Gasteiger partial charge in [-0.25, -0.2) is 9.97 Å². The Labute approximate surface area is 112 Å². The summed E-state index contributed by atoms with van der Waals surface area (Å²) >= 11 is 3.40. The molecule has 3 aromatic rings. The number of hydrogen-bond acceptors (Lipinski definition) is 4. The van der Waals surface area contributed by atoms with Gasteiger partial charge in [-0.1, -0.05) is 33.2 Å². The molecule has 0 radical (unpaired) electrons. The Hall–Kier alpha value is -2.01. The molecule has 0 unspecified atom stereocenters. The second-order valence-electron chi connectivity index (χ2n) is 3.71. The Morgan fingerprint density at radius 3 is 2.39 bits per heavy atom. The number of halogens is 1. The van der Waals surface area contributed by atoms with Gasteiger partial charge >= 0.3 is 0 Å². The van der Waals surface area contributed by atoms with Crippen molar-refractivity contribution in [1.29, 1.82) is 0 Å². The van der Waals surface area contributed by atoms with Crippen LogP contribution in [0.15, 0.2) is 58.0 Å². The molecule has 2 aromatic heterocycles. The van der Waals surface area contributed by atoms with Crippen molar-refractivity contribution in [2.75, 3.05) is 0 Å². The summed E-state index contributed by atoms with van der Waals surface area (Å²) in [6.07, 6.45) is 4.89. The summed E-state index contributed by atoms with van der Waals surface area (Å²) in [6, 6.07) is 9.74. The molecule has 0 fully saturated rings. The first-order chi connectivity index (χ1) is 8.83. The van der Waals surface area contributed by atoms with E-state index in [2.05, 4.69) is 31.1 Å². The highest BCUT2D eigenvalue weighted by Gasteiger charge is 2.08. The molecule has 3 rings (SSSR count). The van der Waals surface area contributed by atoms with Crippen LogP contribution in [0.5, 0.6) is 0 Å². The number of nitrogens with zero attached hydrogens (tertiary/aromatic N) is 3. The van der Waals surface area contributed by atoms with Gasteiger partial charge in [-0.3, -0.25) is 0 Å². The van der Waals surface area contributed by atoms with Crippen LogP contribution in [0, 0.1) is 0 Å². The van der Waals surface area contributed by atoms with E-state index < -0.39 is 0 Å². The maximum absolute atomic E-state index is 5.32. The fourth-order valence-corrected chi connectivity index (χ4v) is 1.86. The minimum atomic E-state index is 0.723. The topological polar surface area (TPSA) is 51.8 Å². The van der Waals surface area contributed by atoms with Crippen molar-refractivity contribution >= 4 is 15.9 Å². The number of aromatic nitrogens is 3. The van der Waals surface area contributed by atoms with E-state index in [1.54, 1.807) is 12.4 Å². The largest absolute Gasteiger partial charge is 0.356 e. The second kappa shape index (κ2) is 4.70. The Balaban J connectivity index is 1.97. The molecule has 0 amide bonds. The van der Waals surface area contributed by atoms with E-state index >= 15 is 0 Å². The zero-order valence-corrected chi connectivity index (χ0v) is 10.8. The zero-order chi connectivity index (χ0) is 12.4. The summed E-state index contributed by atoms with van der Waals surface area (Å²) in [5, 5.41) is 4.02. The van der Waals surface area contributed by atoms with Crippen molar-refractivity contribution in [2.24, 2.45) is 0 Å². The lowest BCUT2D eigenvalue weighted by atomic mass is 10.1. The van der Waals surface area contributed by atoms with E-state index in [0.717, 1.165) is 27.1 Å². The van der Waals surface area contributed by atoms with E-state index in [-0.39, 0.29) is 0 Å². The predicted octanol–water partition coefficient (Wildman–Crippen LogP) is 3.56. The lowest BCUT2D eigenvalue weighted by Crippen LogP contribution is -1.80. The predicted molar refractivity (Wildman–Crippen MR) is 70.7 cm³/mol. The first kappa shape index (κ1) is 11.1. The minimum Gasteiger partial charge on any atom is -0.356 e. The average Bonchev–Trinajstić information content (AvgIpc) is 2.90. The van der Waals surface area contributed by atoms with Crippen molar-refractivity contribution in [3.63, 3.8) is 0 Å². The van der Waals surface area contributed by atoms with E-state index in [9.17, 15) is 0 Å². The van der Waals surface area contributed by atoms with Crippen LogP contribution in [0.4, 0.5) is 0 Å². The molecule has 88 valence electrons. The monoisotopic (exact) mass is 301 g/mol. The smallest absolute Gasteiger partial charge is 0.167 e. The van der Waals surface area contributed by atoms with Gasteiger partial charge in [0.1, 0.15) is 12.0 Å². The van der Waals surface area contributed by atoms with Crippen molar-refractivity contribution in [2.45, 2.75) is 0 Å². The lowest BCUT2D eigenvalue weighted by molar-refractivity contribution is 0.435. The van der Waals surface area contributed by atoms with Gasteiger partial charge in [-0.2, -0.15) is 0 Å². The Morgan fingerprint density at radius 2 is 1.67 bits per heavy atom. The molecule has 0 aliphatic heterocycles. The lowest BCUT2D eigenvalue weighted by Gasteiger charge is -1.94. The highest BCUT2D eigenvalue weighted by Crippen LogP contribution is 2.26. The molecule has 1 aromatic carbocycles. The third kappa shape index (κ3) is 2.17. The molecule has 0 N–H and O–H groups in total. The maximum Gasteiger partial charge on any atom is 0.167 e. The fourth-order valence-electron chi connectivity index (χ4n) is 1.59.